The van der Waals surface area contributed by atoms with E-state index in [1.165, 1.54) is 0 Å². The van der Waals surface area contributed by atoms with Crippen molar-refractivity contribution in [2.75, 3.05) is 11.9 Å². The summed E-state index contributed by atoms with van der Waals surface area (Å²) in [5, 5.41) is 6.35. The molecule has 0 spiro atoms. The molecule has 0 radical (unpaired) electrons. The Labute approximate surface area is 109 Å². The van der Waals surface area contributed by atoms with Crippen LogP contribution in [-0.2, 0) is 11.4 Å². The van der Waals surface area contributed by atoms with E-state index in [0.717, 1.165) is 0 Å². The number of rotatable bonds is 5. The molecule has 0 saturated carbocycles. The van der Waals surface area contributed by atoms with Crippen molar-refractivity contribution in [1.29, 1.82) is 0 Å². The molecule has 0 bridgehead atoms. The van der Waals surface area contributed by atoms with Crippen molar-refractivity contribution in [2.24, 2.45) is 5.73 Å². The molecule has 2 rings (SSSR count). The molecule has 1 aromatic heterocycles. The Morgan fingerprint density at radius 2 is 2.16 bits per heavy atom. The van der Waals surface area contributed by atoms with Crippen molar-refractivity contribution in [2.45, 2.75) is 13.5 Å². The van der Waals surface area contributed by atoms with E-state index in [0.29, 0.717) is 23.2 Å². The van der Waals surface area contributed by atoms with Crippen molar-refractivity contribution in [3.05, 3.63) is 36.0 Å². The number of amides is 1. The molecule has 3 N–H and O–H groups in total. The number of aryl methyl sites for hydroxylation is 1. The third kappa shape index (κ3) is 3.78. The molecule has 19 heavy (non-hydrogen) atoms. The van der Waals surface area contributed by atoms with Gasteiger partial charge in [-0.1, -0.05) is 5.16 Å². The number of carbonyl (C=O) groups is 1. The van der Waals surface area contributed by atoms with E-state index in [1.807, 2.05) is 0 Å². The van der Waals surface area contributed by atoms with Crippen LogP contribution in [0.3, 0.4) is 0 Å². The van der Waals surface area contributed by atoms with Gasteiger partial charge in [-0.3, -0.25) is 4.79 Å². The first-order valence-corrected chi connectivity index (χ1v) is 5.69. The first-order chi connectivity index (χ1) is 9.17. The van der Waals surface area contributed by atoms with Crippen LogP contribution in [0.1, 0.15) is 11.7 Å². The number of benzene rings is 1. The van der Waals surface area contributed by atoms with Crippen LogP contribution in [0.2, 0.25) is 0 Å². The molecule has 0 aliphatic rings. The molecule has 0 unspecified atom stereocenters. The fraction of sp³-hybridized carbons (Fsp3) is 0.250. The van der Waals surface area contributed by atoms with Crippen LogP contribution in [0.4, 0.5) is 5.69 Å². The lowest BCUT2D eigenvalue weighted by atomic mass is 10.3. The number of aromatic nitrogens is 2. The normalized spacial score (nSPS) is 10.2. The van der Waals surface area contributed by atoms with Gasteiger partial charge in [0.25, 0.3) is 0 Å². The smallest absolute Gasteiger partial charge is 0.238 e. The van der Waals surface area contributed by atoms with Gasteiger partial charge in [-0.25, -0.2) is 0 Å². The summed E-state index contributed by atoms with van der Waals surface area (Å²) in [5.41, 5.74) is 5.87. The van der Waals surface area contributed by atoms with E-state index in [1.54, 1.807) is 31.2 Å². The van der Waals surface area contributed by atoms with Crippen LogP contribution >= 0.6 is 0 Å². The van der Waals surface area contributed by atoms with Gasteiger partial charge in [-0.2, -0.15) is 4.98 Å². The van der Waals surface area contributed by atoms with E-state index in [-0.39, 0.29) is 19.1 Å². The molecule has 0 atom stereocenters. The minimum Gasteiger partial charge on any atom is -0.485 e. The molecule has 0 aliphatic heterocycles. The van der Waals surface area contributed by atoms with Crippen molar-refractivity contribution >= 4 is 11.6 Å². The zero-order valence-corrected chi connectivity index (χ0v) is 10.4. The quantitative estimate of drug-likeness (QED) is 0.828. The summed E-state index contributed by atoms with van der Waals surface area (Å²) in [6, 6.07) is 6.92. The third-order valence-electron chi connectivity index (χ3n) is 2.26. The number of ether oxygens (including phenoxy) is 1. The summed E-state index contributed by atoms with van der Waals surface area (Å²) in [4.78, 5) is 15.1. The second kappa shape index (κ2) is 5.96. The number of nitrogens with zero attached hydrogens (tertiary/aromatic N) is 2. The molecule has 1 amide bonds. The molecule has 1 aromatic carbocycles. The molecule has 100 valence electrons. The van der Waals surface area contributed by atoms with Crippen molar-refractivity contribution in [3.8, 4) is 5.75 Å². The SMILES string of the molecule is Cc1nc(COc2ccc(NC(=O)CN)cc2)no1. The Balaban J connectivity index is 1.89. The van der Waals surface area contributed by atoms with Crippen LogP contribution in [-0.4, -0.2) is 22.6 Å². The highest BCUT2D eigenvalue weighted by atomic mass is 16.5. The summed E-state index contributed by atoms with van der Waals surface area (Å²) in [5.74, 6) is 1.39. The maximum atomic E-state index is 11.1. The predicted molar refractivity (Wildman–Crippen MR) is 67.5 cm³/mol. The maximum absolute atomic E-state index is 11.1. The summed E-state index contributed by atoms with van der Waals surface area (Å²) >= 11 is 0. The Morgan fingerprint density at radius 1 is 1.42 bits per heavy atom. The lowest BCUT2D eigenvalue weighted by Crippen LogP contribution is -2.21. The number of nitrogens with two attached hydrogens (primary N) is 1. The topological polar surface area (TPSA) is 103 Å². The molecule has 0 aliphatic carbocycles. The summed E-state index contributed by atoms with van der Waals surface area (Å²) in [6.07, 6.45) is 0. The molecule has 2 aromatic rings. The number of carbonyl (C=O) groups excluding carboxylic acids is 1. The third-order valence-corrected chi connectivity index (χ3v) is 2.26. The second-order valence-electron chi connectivity index (χ2n) is 3.79. The van der Waals surface area contributed by atoms with Gasteiger partial charge in [0.1, 0.15) is 5.75 Å². The average molecular weight is 262 g/mol. The van der Waals surface area contributed by atoms with Gasteiger partial charge < -0.3 is 20.3 Å². The predicted octanol–water partition coefficient (Wildman–Crippen LogP) is 0.854. The van der Waals surface area contributed by atoms with E-state index in [4.69, 9.17) is 15.0 Å². The minimum absolute atomic E-state index is 0.0462. The fourth-order valence-electron chi connectivity index (χ4n) is 1.39. The Kier molecular flexibility index (Phi) is 4.09. The first kappa shape index (κ1) is 13.0. The number of hydrogen-bond donors (Lipinski definition) is 2. The van der Waals surface area contributed by atoms with Crippen LogP contribution in [0.5, 0.6) is 5.75 Å². The van der Waals surface area contributed by atoms with Crippen LogP contribution in [0, 0.1) is 6.92 Å². The molecule has 0 saturated heterocycles. The van der Waals surface area contributed by atoms with Gasteiger partial charge in [-0.15, -0.1) is 0 Å². The van der Waals surface area contributed by atoms with Gasteiger partial charge in [0, 0.05) is 12.6 Å². The fourth-order valence-corrected chi connectivity index (χ4v) is 1.39. The zero-order valence-electron chi connectivity index (χ0n) is 10.4. The molecular formula is C12H14N4O3. The lowest BCUT2D eigenvalue weighted by Gasteiger charge is -2.06. The maximum Gasteiger partial charge on any atom is 0.238 e. The molecular weight excluding hydrogens is 248 g/mol. The van der Waals surface area contributed by atoms with Gasteiger partial charge in [0.15, 0.2) is 6.61 Å². The number of nitrogens with one attached hydrogen (secondary N) is 1. The molecule has 7 nitrogen and oxygen atoms in total. The Hall–Kier alpha value is -2.41. The largest absolute Gasteiger partial charge is 0.485 e. The second-order valence-corrected chi connectivity index (χ2v) is 3.79. The van der Waals surface area contributed by atoms with Crippen LogP contribution in [0.25, 0.3) is 0 Å². The summed E-state index contributed by atoms with van der Waals surface area (Å²) in [7, 11) is 0. The van der Waals surface area contributed by atoms with E-state index >= 15 is 0 Å². The highest BCUT2D eigenvalue weighted by Gasteiger charge is 2.04. The molecule has 0 fully saturated rings. The highest BCUT2D eigenvalue weighted by Crippen LogP contribution is 2.16. The average Bonchev–Trinajstić information content (AvgIpc) is 2.83. The minimum atomic E-state index is -0.240. The van der Waals surface area contributed by atoms with Crippen LogP contribution in [0.15, 0.2) is 28.8 Å². The van der Waals surface area contributed by atoms with E-state index in [2.05, 4.69) is 15.5 Å². The van der Waals surface area contributed by atoms with Gasteiger partial charge in [0.05, 0.1) is 6.54 Å². The lowest BCUT2D eigenvalue weighted by molar-refractivity contribution is -0.114. The first-order valence-electron chi connectivity index (χ1n) is 5.69. The van der Waals surface area contributed by atoms with E-state index in [9.17, 15) is 4.79 Å². The standard InChI is InChI=1S/C12H14N4O3/c1-8-14-11(16-19-8)7-18-10-4-2-9(3-5-10)15-12(17)6-13/h2-5H,6-7,13H2,1H3,(H,15,17). The van der Waals surface area contributed by atoms with Crippen molar-refractivity contribution in [1.82, 2.24) is 10.1 Å². The van der Waals surface area contributed by atoms with Gasteiger partial charge in [0.2, 0.25) is 17.6 Å². The summed E-state index contributed by atoms with van der Waals surface area (Å²) < 4.78 is 10.3. The van der Waals surface area contributed by atoms with Crippen molar-refractivity contribution < 1.29 is 14.1 Å². The zero-order chi connectivity index (χ0) is 13.7. The van der Waals surface area contributed by atoms with Gasteiger partial charge >= 0.3 is 0 Å². The van der Waals surface area contributed by atoms with Gasteiger partial charge in [-0.05, 0) is 24.3 Å². The molecule has 7 heteroatoms. The molecule has 1 heterocycles. The highest BCUT2D eigenvalue weighted by molar-refractivity contribution is 5.92. The van der Waals surface area contributed by atoms with E-state index < -0.39 is 0 Å². The van der Waals surface area contributed by atoms with Crippen molar-refractivity contribution in [3.63, 3.8) is 0 Å². The Bertz CT molecular complexity index is 550. The number of anilines is 1. The van der Waals surface area contributed by atoms with Crippen LogP contribution < -0.4 is 15.8 Å². The monoisotopic (exact) mass is 262 g/mol. The number of hydrogen-bond acceptors (Lipinski definition) is 6. The summed E-state index contributed by atoms with van der Waals surface area (Å²) in [6.45, 7) is 1.90. The Morgan fingerprint density at radius 3 is 2.74 bits per heavy atom.